The van der Waals surface area contributed by atoms with E-state index in [1.807, 2.05) is 14.1 Å². The first kappa shape index (κ1) is 13.1. The van der Waals surface area contributed by atoms with Gasteiger partial charge >= 0.3 is 0 Å². The van der Waals surface area contributed by atoms with Gasteiger partial charge < -0.3 is 15.7 Å². The Labute approximate surface area is 110 Å². The van der Waals surface area contributed by atoms with Crippen molar-refractivity contribution in [2.75, 3.05) is 24.7 Å². The molecule has 0 radical (unpaired) electrons. The Balaban J connectivity index is 2.62. The average Bonchev–Trinajstić information content (AvgIpc) is 2.33. The van der Waals surface area contributed by atoms with Gasteiger partial charge in [0.05, 0.1) is 5.69 Å². The van der Waals surface area contributed by atoms with Crippen molar-refractivity contribution in [3.8, 4) is 17.0 Å². The van der Waals surface area contributed by atoms with E-state index < -0.39 is 5.82 Å². The van der Waals surface area contributed by atoms with E-state index in [-0.39, 0.29) is 17.3 Å². The molecule has 5 nitrogen and oxygen atoms in total. The normalized spacial score (nSPS) is 10.5. The van der Waals surface area contributed by atoms with Gasteiger partial charge in [-0.2, -0.15) is 4.98 Å². The molecule has 0 spiro atoms. The molecule has 3 N–H and O–H groups in total. The zero-order valence-corrected chi connectivity index (χ0v) is 11.0. The number of benzene rings is 1. The van der Waals surface area contributed by atoms with E-state index in [2.05, 4.69) is 9.97 Å². The van der Waals surface area contributed by atoms with Crippen LogP contribution < -0.4 is 10.6 Å². The number of aryl methyl sites for hydroxylation is 1. The average molecular weight is 262 g/mol. The first-order valence-corrected chi connectivity index (χ1v) is 5.70. The van der Waals surface area contributed by atoms with Crippen LogP contribution in [0.15, 0.2) is 18.2 Å². The zero-order chi connectivity index (χ0) is 14.2. The van der Waals surface area contributed by atoms with Crippen LogP contribution in [-0.2, 0) is 0 Å². The van der Waals surface area contributed by atoms with Crippen LogP contribution in [0, 0.1) is 12.7 Å². The molecule has 1 aromatic carbocycles. The maximum atomic E-state index is 13.9. The molecule has 100 valence electrons. The van der Waals surface area contributed by atoms with Gasteiger partial charge in [0.1, 0.15) is 17.4 Å². The highest BCUT2D eigenvalue weighted by molar-refractivity contribution is 5.66. The summed E-state index contributed by atoms with van der Waals surface area (Å²) < 4.78 is 13.9. The zero-order valence-electron chi connectivity index (χ0n) is 11.0. The van der Waals surface area contributed by atoms with Crippen molar-refractivity contribution in [3.05, 3.63) is 29.6 Å². The summed E-state index contributed by atoms with van der Waals surface area (Å²) in [5.74, 6) is 0.0287. The predicted molar refractivity (Wildman–Crippen MR) is 72.6 cm³/mol. The van der Waals surface area contributed by atoms with E-state index in [0.717, 1.165) is 6.07 Å². The maximum Gasteiger partial charge on any atom is 0.222 e. The van der Waals surface area contributed by atoms with Gasteiger partial charge in [0.2, 0.25) is 5.95 Å². The quantitative estimate of drug-likeness (QED) is 0.865. The molecular weight excluding hydrogens is 247 g/mol. The van der Waals surface area contributed by atoms with E-state index in [1.54, 1.807) is 17.9 Å². The summed E-state index contributed by atoms with van der Waals surface area (Å²) >= 11 is 0. The molecule has 1 heterocycles. The van der Waals surface area contributed by atoms with Crippen molar-refractivity contribution in [2.45, 2.75) is 6.92 Å². The van der Waals surface area contributed by atoms with Gasteiger partial charge in [-0.1, -0.05) is 0 Å². The number of hydrogen-bond donors (Lipinski definition) is 2. The Kier molecular flexibility index (Phi) is 3.25. The third-order valence-corrected chi connectivity index (χ3v) is 2.75. The number of nitrogen functional groups attached to an aromatic ring is 1. The van der Waals surface area contributed by atoms with E-state index in [1.165, 1.54) is 6.07 Å². The van der Waals surface area contributed by atoms with Crippen LogP contribution in [-0.4, -0.2) is 29.2 Å². The van der Waals surface area contributed by atoms with Crippen LogP contribution in [0.4, 0.5) is 16.2 Å². The highest BCUT2D eigenvalue weighted by atomic mass is 19.1. The largest absolute Gasteiger partial charge is 0.508 e. The highest BCUT2D eigenvalue weighted by Gasteiger charge is 2.13. The number of aromatic hydroxyl groups is 1. The molecule has 19 heavy (non-hydrogen) atoms. The summed E-state index contributed by atoms with van der Waals surface area (Å²) in [6.07, 6.45) is 0. The standard InChI is InChI=1S/C13H15FN4O/c1-7-4-8(9(14)5-11(7)19)10-6-12(18(2)3)17-13(15)16-10/h4-6,19H,1-3H3,(H2,15,16,17). The number of halogens is 1. The number of phenols is 1. The van der Waals surface area contributed by atoms with Crippen LogP contribution >= 0.6 is 0 Å². The van der Waals surface area contributed by atoms with E-state index in [9.17, 15) is 9.50 Å². The predicted octanol–water partition coefficient (Wildman–Crippen LogP) is 1.94. The molecule has 0 unspecified atom stereocenters. The first-order chi connectivity index (χ1) is 8.88. The van der Waals surface area contributed by atoms with Crippen LogP contribution in [0.1, 0.15) is 5.56 Å². The SMILES string of the molecule is Cc1cc(-c2cc(N(C)C)nc(N)n2)c(F)cc1O. The third-order valence-electron chi connectivity index (χ3n) is 2.75. The fraction of sp³-hybridized carbons (Fsp3) is 0.231. The Morgan fingerprint density at radius 1 is 1.21 bits per heavy atom. The number of rotatable bonds is 2. The molecular formula is C13H15FN4O. The van der Waals surface area contributed by atoms with Gasteiger partial charge in [-0.3, -0.25) is 0 Å². The number of nitrogens with zero attached hydrogens (tertiary/aromatic N) is 3. The fourth-order valence-corrected chi connectivity index (χ4v) is 1.69. The summed E-state index contributed by atoms with van der Waals surface area (Å²) in [5.41, 5.74) is 6.87. The van der Waals surface area contributed by atoms with E-state index in [0.29, 0.717) is 17.1 Å². The number of aromatic nitrogens is 2. The van der Waals surface area contributed by atoms with Gasteiger partial charge in [-0.15, -0.1) is 0 Å². The molecule has 0 saturated carbocycles. The molecule has 2 aromatic rings. The molecule has 2 rings (SSSR count). The molecule has 0 bridgehead atoms. The monoisotopic (exact) mass is 262 g/mol. The molecule has 0 aliphatic rings. The van der Waals surface area contributed by atoms with E-state index in [4.69, 9.17) is 5.73 Å². The van der Waals surface area contributed by atoms with Gasteiger partial charge in [-0.05, 0) is 18.6 Å². The topological polar surface area (TPSA) is 75.3 Å². The lowest BCUT2D eigenvalue weighted by atomic mass is 10.1. The van der Waals surface area contributed by atoms with Gasteiger partial charge in [0, 0.05) is 31.8 Å². The first-order valence-electron chi connectivity index (χ1n) is 5.70. The van der Waals surface area contributed by atoms with Crippen LogP contribution in [0.25, 0.3) is 11.3 Å². The lowest BCUT2D eigenvalue weighted by Gasteiger charge is -2.13. The molecule has 0 amide bonds. The maximum absolute atomic E-state index is 13.9. The summed E-state index contributed by atoms with van der Waals surface area (Å²) in [6.45, 7) is 1.69. The minimum Gasteiger partial charge on any atom is -0.508 e. The van der Waals surface area contributed by atoms with E-state index >= 15 is 0 Å². The van der Waals surface area contributed by atoms with Crippen molar-refractivity contribution < 1.29 is 9.50 Å². The Morgan fingerprint density at radius 2 is 1.89 bits per heavy atom. The molecule has 0 aliphatic heterocycles. The summed E-state index contributed by atoms with van der Waals surface area (Å²) in [4.78, 5) is 9.84. The number of nitrogens with two attached hydrogens (primary N) is 1. The van der Waals surface area contributed by atoms with Crippen LogP contribution in [0.5, 0.6) is 5.75 Å². The second kappa shape index (κ2) is 4.72. The number of phenolic OH excluding ortho intramolecular Hbond substituents is 1. The van der Waals surface area contributed by atoms with Gasteiger partial charge in [0.15, 0.2) is 0 Å². The Hall–Kier alpha value is -2.37. The summed E-state index contributed by atoms with van der Waals surface area (Å²) in [5, 5.41) is 9.46. The van der Waals surface area contributed by atoms with Crippen LogP contribution in [0.2, 0.25) is 0 Å². The van der Waals surface area contributed by atoms with Crippen molar-refractivity contribution >= 4 is 11.8 Å². The van der Waals surface area contributed by atoms with Crippen LogP contribution in [0.3, 0.4) is 0 Å². The summed E-state index contributed by atoms with van der Waals surface area (Å²) in [7, 11) is 3.62. The number of anilines is 2. The second-order valence-corrected chi connectivity index (χ2v) is 4.48. The molecule has 0 aliphatic carbocycles. The second-order valence-electron chi connectivity index (χ2n) is 4.48. The van der Waals surface area contributed by atoms with Crippen molar-refractivity contribution in [3.63, 3.8) is 0 Å². The number of hydrogen-bond acceptors (Lipinski definition) is 5. The molecule has 1 aromatic heterocycles. The molecule has 0 fully saturated rings. The Morgan fingerprint density at radius 3 is 2.53 bits per heavy atom. The van der Waals surface area contributed by atoms with Gasteiger partial charge in [0.25, 0.3) is 0 Å². The lowest BCUT2D eigenvalue weighted by Crippen LogP contribution is -2.12. The third kappa shape index (κ3) is 2.57. The minimum absolute atomic E-state index is 0.0753. The van der Waals surface area contributed by atoms with Crippen molar-refractivity contribution in [1.29, 1.82) is 0 Å². The molecule has 0 saturated heterocycles. The fourth-order valence-electron chi connectivity index (χ4n) is 1.69. The van der Waals surface area contributed by atoms with Gasteiger partial charge in [-0.25, -0.2) is 9.37 Å². The Bertz CT molecular complexity index is 628. The molecule has 0 atom stereocenters. The van der Waals surface area contributed by atoms with Crippen molar-refractivity contribution in [1.82, 2.24) is 9.97 Å². The highest BCUT2D eigenvalue weighted by Crippen LogP contribution is 2.29. The van der Waals surface area contributed by atoms with Crippen molar-refractivity contribution in [2.24, 2.45) is 0 Å². The molecule has 6 heteroatoms. The smallest absolute Gasteiger partial charge is 0.222 e. The lowest BCUT2D eigenvalue weighted by molar-refractivity contribution is 0.465. The minimum atomic E-state index is -0.550. The summed E-state index contributed by atoms with van der Waals surface area (Å²) in [6, 6.07) is 4.25.